The van der Waals surface area contributed by atoms with Gasteiger partial charge >= 0.3 is 5.97 Å². The number of methoxy groups -OCH3 is 1. The van der Waals surface area contributed by atoms with Gasteiger partial charge in [-0.2, -0.15) is 0 Å². The number of rotatable bonds is 8. The van der Waals surface area contributed by atoms with E-state index in [0.717, 1.165) is 12.1 Å². The van der Waals surface area contributed by atoms with Gasteiger partial charge in [-0.3, -0.25) is 14.9 Å². The van der Waals surface area contributed by atoms with Gasteiger partial charge in [-0.05, 0) is 35.0 Å². The Bertz CT molecular complexity index is 901. The van der Waals surface area contributed by atoms with E-state index >= 15 is 0 Å². The molecule has 2 aromatic carbocycles. The van der Waals surface area contributed by atoms with Crippen molar-refractivity contribution < 1.29 is 28.7 Å². The van der Waals surface area contributed by atoms with Crippen molar-refractivity contribution in [3.8, 4) is 11.5 Å². The Balaban J connectivity index is 2.15. The molecule has 0 bridgehead atoms. The van der Waals surface area contributed by atoms with Gasteiger partial charge in [0.1, 0.15) is 5.56 Å². The highest BCUT2D eigenvalue weighted by atomic mass is 79.9. The number of esters is 1. The Morgan fingerprint density at radius 3 is 2.54 bits per heavy atom. The molecule has 0 radical (unpaired) electrons. The molecule has 0 aliphatic rings. The van der Waals surface area contributed by atoms with Crippen LogP contribution in [0.3, 0.4) is 0 Å². The van der Waals surface area contributed by atoms with E-state index < -0.39 is 29.1 Å². The number of nitro benzene ring substituents is 1. The van der Waals surface area contributed by atoms with E-state index in [0.29, 0.717) is 10.2 Å². The Hall–Kier alpha value is -3.14. The van der Waals surface area contributed by atoms with E-state index in [1.807, 2.05) is 0 Å². The van der Waals surface area contributed by atoms with Gasteiger partial charge in [0.2, 0.25) is 0 Å². The lowest BCUT2D eigenvalue weighted by molar-refractivity contribution is -0.385. The van der Waals surface area contributed by atoms with Crippen LogP contribution in [-0.4, -0.2) is 37.1 Å². The number of carbonyl (C=O) groups excluding carboxylic acids is 2. The molecule has 28 heavy (non-hydrogen) atoms. The van der Waals surface area contributed by atoms with Crippen LogP contribution in [-0.2, 0) is 9.53 Å². The molecule has 0 saturated carbocycles. The molecule has 0 spiro atoms. The first-order valence-corrected chi connectivity index (χ1v) is 8.87. The molecule has 148 valence electrons. The van der Waals surface area contributed by atoms with Crippen LogP contribution in [0.25, 0.3) is 0 Å². The molecule has 2 rings (SSSR count). The average molecular weight is 453 g/mol. The lowest BCUT2D eigenvalue weighted by Gasteiger charge is -2.12. The Kier molecular flexibility index (Phi) is 7.33. The fourth-order valence-electron chi connectivity index (χ4n) is 2.25. The highest BCUT2D eigenvalue weighted by Gasteiger charge is 2.26. The average Bonchev–Trinajstić information content (AvgIpc) is 2.67. The van der Waals surface area contributed by atoms with Crippen LogP contribution >= 0.6 is 15.9 Å². The van der Waals surface area contributed by atoms with E-state index in [1.54, 1.807) is 31.2 Å². The second-order valence-corrected chi connectivity index (χ2v) is 6.17. The first kappa shape index (κ1) is 21.2. The first-order chi connectivity index (χ1) is 13.4. The van der Waals surface area contributed by atoms with Gasteiger partial charge in [-0.25, -0.2) is 4.79 Å². The lowest BCUT2D eigenvalue weighted by atomic mass is 10.1. The number of nitrogens with zero attached hydrogens (tertiary/aromatic N) is 1. The topological polar surface area (TPSA) is 117 Å². The predicted octanol–water partition coefficient (Wildman–Crippen LogP) is 3.56. The Morgan fingerprint density at radius 2 is 1.93 bits per heavy atom. The van der Waals surface area contributed by atoms with Crippen molar-refractivity contribution in [2.75, 3.05) is 25.6 Å². The summed E-state index contributed by atoms with van der Waals surface area (Å²) >= 11 is 3.28. The number of carbonyl (C=O) groups is 2. The Labute approximate surface area is 168 Å². The number of nitro groups is 1. The minimum absolute atomic E-state index is 0.125. The number of amides is 1. The molecule has 2 aromatic rings. The zero-order valence-corrected chi connectivity index (χ0v) is 16.6. The summed E-state index contributed by atoms with van der Waals surface area (Å²) in [6, 6.07) is 9.13. The standard InChI is InChI=1S/C18H17BrN2O7/c1-3-27-16-9-14(21(24)25)11(8-15(16)26-2)18(23)28-10-17(22)20-13-7-5-4-6-12(13)19/h4-9H,3,10H2,1-2H3,(H,20,22). The zero-order valence-electron chi connectivity index (χ0n) is 15.1. The van der Waals surface area contributed by atoms with E-state index in [1.165, 1.54) is 7.11 Å². The summed E-state index contributed by atoms with van der Waals surface area (Å²) in [5.74, 6) is -1.37. The largest absolute Gasteiger partial charge is 0.493 e. The maximum atomic E-state index is 12.3. The molecular formula is C18H17BrN2O7. The molecule has 9 nitrogen and oxygen atoms in total. The molecule has 1 N–H and O–H groups in total. The fourth-order valence-corrected chi connectivity index (χ4v) is 2.63. The number of benzene rings is 2. The van der Waals surface area contributed by atoms with Gasteiger partial charge in [0.05, 0.1) is 30.4 Å². The second-order valence-electron chi connectivity index (χ2n) is 5.31. The summed E-state index contributed by atoms with van der Waals surface area (Å²) < 4.78 is 16.0. The van der Waals surface area contributed by atoms with Crippen LogP contribution in [0.15, 0.2) is 40.9 Å². The number of hydrogen-bond acceptors (Lipinski definition) is 7. The fraction of sp³-hybridized carbons (Fsp3) is 0.222. The van der Waals surface area contributed by atoms with Crippen LogP contribution in [0.5, 0.6) is 11.5 Å². The normalized spacial score (nSPS) is 10.1. The van der Waals surface area contributed by atoms with Gasteiger partial charge in [0, 0.05) is 10.5 Å². The molecule has 0 fully saturated rings. The van der Waals surface area contributed by atoms with Crippen molar-refractivity contribution in [3.05, 3.63) is 56.5 Å². The summed E-state index contributed by atoms with van der Waals surface area (Å²) in [5.41, 5.74) is -0.364. The SMILES string of the molecule is CCOc1cc([N+](=O)[O-])c(C(=O)OCC(=O)Nc2ccccc2Br)cc1OC. The van der Waals surface area contributed by atoms with Crippen LogP contribution < -0.4 is 14.8 Å². The van der Waals surface area contributed by atoms with E-state index in [2.05, 4.69) is 21.2 Å². The van der Waals surface area contributed by atoms with E-state index in [-0.39, 0.29) is 23.7 Å². The number of nitrogens with one attached hydrogen (secondary N) is 1. The summed E-state index contributed by atoms with van der Waals surface area (Å²) in [5, 5.41) is 13.9. The third-order valence-corrected chi connectivity index (χ3v) is 4.17. The molecule has 0 heterocycles. The smallest absolute Gasteiger partial charge is 0.345 e. The molecule has 0 aliphatic heterocycles. The van der Waals surface area contributed by atoms with Crippen molar-refractivity contribution in [2.45, 2.75) is 6.92 Å². The van der Waals surface area contributed by atoms with Crippen molar-refractivity contribution in [2.24, 2.45) is 0 Å². The summed E-state index contributed by atoms with van der Waals surface area (Å²) in [7, 11) is 1.34. The maximum absolute atomic E-state index is 12.3. The van der Waals surface area contributed by atoms with Crippen molar-refractivity contribution >= 4 is 39.2 Å². The summed E-state index contributed by atoms with van der Waals surface area (Å²) in [6.07, 6.45) is 0. The number of anilines is 1. The van der Waals surface area contributed by atoms with E-state index in [9.17, 15) is 19.7 Å². The van der Waals surface area contributed by atoms with Gasteiger partial charge < -0.3 is 19.5 Å². The molecule has 0 aliphatic carbocycles. The quantitative estimate of drug-likeness (QED) is 0.369. The first-order valence-electron chi connectivity index (χ1n) is 8.08. The molecule has 0 aromatic heterocycles. The Morgan fingerprint density at radius 1 is 1.21 bits per heavy atom. The molecule has 10 heteroatoms. The number of para-hydroxylation sites is 1. The van der Waals surface area contributed by atoms with Crippen LogP contribution in [0.1, 0.15) is 17.3 Å². The number of halogens is 1. The van der Waals surface area contributed by atoms with Gasteiger partial charge in [0.25, 0.3) is 11.6 Å². The lowest BCUT2D eigenvalue weighted by Crippen LogP contribution is -2.21. The molecule has 0 atom stereocenters. The van der Waals surface area contributed by atoms with Gasteiger partial charge in [-0.1, -0.05) is 12.1 Å². The molecule has 0 saturated heterocycles. The summed E-state index contributed by atoms with van der Waals surface area (Å²) in [6.45, 7) is 1.34. The third kappa shape index (κ3) is 5.19. The second kappa shape index (κ2) is 9.70. The number of ether oxygens (including phenoxy) is 3. The van der Waals surface area contributed by atoms with Crippen LogP contribution in [0.4, 0.5) is 11.4 Å². The van der Waals surface area contributed by atoms with Crippen molar-refractivity contribution in [3.63, 3.8) is 0 Å². The molecular weight excluding hydrogens is 436 g/mol. The minimum Gasteiger partial charge on any atom is -0.493 e. The molecule has 0 unspecified atom stereocenters. The van der Waals surface area contributed by atoms with Crippen LogP contribution in [0, 0.1) is 10.1 Å². The number of hydrogen-bond donors (Lipinski definition) is 1. The molecule has 1 amide bonds. The highest BCUT2D eigenvalue weighted by Crippen LogP contribution is 2.35. The van der Waals surface area contributed by atoms with Gasteiger partial charge in [-0.15, -0.1) is 0 Å². The third-order valence-electron chi connectivity index (χ3n) is 3.48. The van der Waals surface area contributed by atoms with E-state index in [4.69, 9.17) is 14.2 Å². The van der Waals surface area contributed by atoms with Crippen molar-refractivity contribution in [1.29, 1.82) is 0 Å². The monoisotopic (exact) mass is 452 g/mol. The highest BCUT2D eigenvalue weighted by molar-refractivity contribution is 9.10. The minimum atomic E-state index is -1.03. The maximum Gasteiger partial charge on any atom is 0.345 e. The van der Waals surface area contributed by atoms with Crippen molar-refractivity contribution in [1.82, 2.24) is 0 Å². The van der Waals surface area contributed by atoms with Gasteiger partial charge in [0.15, 0.2) is 18.1 Å². The zero-order chi connectivity index (χ0) is 20.7. The summed E-state index contributed by atoms with van der Waals surface area (Å²) in [4.78, 5) is 34.9. The van der Waals surface area contributed by atoms with Crippen LogP contribution in [0.2, 0.25) is 0 Å². The predicted molar refractivity (Wildman–Crippen MR) is 104 cm³/mol.